The van der Waals surface area contributed by atoms with Crippen molar-refractivity contribution in [2.75, 3.05) is 0 Å². The fourth-order valence-corrected chi connectivity index (χ4v) is 2.37. The fourth-order valence-electron chi connectivity index (χ4n) is 2.37. The third kappa shape index (κ3) is 9.03. The molecule has 0 spiro atoms. The predicted molar refractivity (Wildman–Crippen MR) is 105 cm³/mol. The molecule has 0 heterocycles. The number of hydrogen-bond donors (Lipinski definition) is 0. The first-order valence-electron chi connectivity index (χ1n) is 8.68. The van der Waals surface area contributed by atoms with E-state index in [-0.39, 0.29) is 0 Å². The Morgan fingerprint density at radius 1 is 0.957 bits per heavy atom. The highest BCUT2D eigenvalue weighted by molar-refractivity contribution is 5.26. The van der Waals surface area contributed by atoms with E-state index in [1.54, 1.807) is 0 Å². The van der Waals surface area contributed by atoms with Crippen LogP contribution in [0, 0.1) is 0 Å². The molecule has 0 aliphatic carbocycles. The zero-order chi connectivity index (χ0) is 17.1. The first-order valence-corrected chi connectivity index (χ1v) is 8.68. The second kappa shape index (κ2) is 10.8. The Morgan fingerprint density at radius 2 is 1.65 bits per heavy atom. The van der Waals surface area contributed by atoms with Crippen LogP contribution in [0.4, 0.5) is 0 Å². The smallest absolute Gasteiger partial charge is 0.000723 e. The number of hydrogen-bond acceptors (Lipinski definition) is 0. The molecule has 0 heteroatoms. The minimum Gasteiger partial charge on any atom is -0.0856 e. The number of allylic oxidation sites excluding steroid dienone is 8. The molecule has 0 aliphatic rings. The number of rotatable bonds is 8. The predicted octanol–water partition coefficient (Wildman–Crippen LogP) is 7.38. The van der Waals surface area contributed by atoms with E-state index in [9.17, 15) is 0 Å². The third-order valence-corrected chi connectivity index (χ3v) is 3.97. The zero-order valence-corrected chi connectivity index (χ0v) is 15.5. The van der Waals surface area contributed by atoms with Crippen LogP contribution in [0.2, 0.25) is 0 Å². The summed E-state index contributed by atoms with van der Waals surface area (Å²) in [7, 11) is 0. The molecule has 1 aromatic rings. The van der Waals surface area contributed by atoms with Gasteiger partial charge >= 0.3 is 0 Å². The molecule has 0 bridgehead atoms. The minimum absolute atomic E-state index is 0.459. The van der Waals surface area contributed by atoms with E-state index in [1.165, 1.54) is 28.7 Å². The zero-order valence-electron chi connectivity index (χ0n) is 15.5. The molecular weight excluding hydrogens is 276 g/mol. The van der Waals surface area contributed by atoms with Crippen LogP contribution in [-0.2, 0) is 0 Å². The maximum absolute atomic E-state index is 2.34. The lowest BCUT2D eigenvalue weighted by molar-refractivity contribution is 0.957. The molecule has 1 rings (SSSR count). The number of benzene rings is 1. The molecule has 23 heavy (non-hydrogen) atoms. The van der Waals surface area contributed by atoms with Crippen LogP contribution in [0.1, 0.15) is 65.4 Å². The lowest BCUT2D eigenvalue weighted by atomic mass is 10.00. The van der Waals surface area contributed by atoms with E-state index in [4.69, 9.17) is 0 Å². The van der Waals surface area contributed by atoms with Crippen molar-refractivity contribution >= 4 is 0 Å². The molecule has 0 N–H and O–H groups in total. The fraction of sp³-hybridized carbons (Fsp3) is 0.391. The van der Waals surface area contributed by atoms with Crippen molar-refractivity contribution < 1.29 is 0 Å². The van der Waals surface area contributed by atoms with Gasteiger partial charge in [-0.3, -0.25) is 0 Å². The van der Waals surface area contributed by atoms with E-state index >= 15 is 0 Å². The second-order valence-corrected chi connectivity index (χ2v) is 6.61. The maximum Gasteiger partial charge on any atom is -0.000723 e. The Morgan fingerprint density at radius 3 is 2.30 bits per heavy atom. The first-order chi connectivity index (χ1) is 11.0. The average Bonchev–Trinajstić information content (AvgIpc) is 2.53. The van der Waals surface area contributed by atoms with Crippen LogP contribution < -0.4 is 0 Å². The molecule has 1 unspecified atom stereocenters. The Kier molecular flexibility index (Phi) is 9.05. The normalized spacial score (nSPS) is 14.1. The molecule has 0 amide bonds. The van der Waals surface area contributed by atoms with Gasteiger partial charge in [-0.15, -0.1) is 0 Å². The molecule has 1 aromatic carbocycles. The second-order valence-electron chi connectivity index (χ2n) is 6.61. The summed E-state index contributed by atoms with van der Waals surface area (Å²) in [5.41, 5.74) is 5.59. The summed E-state index contributed by atoms with van der Waals surface area (Å²) in [5, 5.41) is 0. The van der Waals surface area contributed by atoms with E-state index in [0.29, 0.717) is 5.92 Å². The maximum atomic E-state index is 2.34. The van der Waals surface area contributed by atoms with Crippen LogP contribution in [0.15, 0.2) is 77.4 Å². The standard InChI is InChI=1S/C23H32/c1-19(2)11-9-12-20(3)13-10-14-21(4)17-18-22(5)23-15-7-6-8-16-23/h6-8,11,13-18,22H,9-10,12H2,1-5H3/b18-17+,20-13+,21-14+. The quantitative estimate of drug-likeness (QED) is 0.347. The van der Waals surface area contributed by atoms with Gasteiger partial charge in [0.15, 0.2) is 0 Å². The Labute approximate surface area is 143 Å². The van der Waals surface area contributed by atoms with Gasteiger partial charge in [0.25, 0.3) is 0 Å². The SMILES string of the molecule is CC(C)=CCC/C(C)=C/C/C=C(C)/C=C/C(C)c1ccccc1. The molecule has 0 aromatic heterocycles. The van der Waals surface area contributed by atoms with Gasteiger partial charge in [-0.1, -0.05) is 84.4 Å². The summed E-state index contributed by atoms with van der Waals surface area (Å²) < 4.78 is 0. The van der Waals surface area contributed by atoms with E-state index in [1.807, 2.05) is 0 Å². The van der Waals surface area contributed by atoms with Gasteiger partial charge in [0.2, 0.25) is 0 Å². The van der Waals surface area contributed by atoms with Gasteiger partial charge in [0.1, 0.15) is 0 Å². The highest BCUT2D eigenvalue weighted by Gasteiger charge is 1.98. The lowest BCUT2D eigenvalue weighted by Crippen LogP contribution is -1.87. The Hall–Kier alpha value is -1.82. The van der Waals surface area contributed by atoms with Crippen molar-refractivity contribution in [2.24, 2.45) is 0 Å². The molecule has 0 saturated heterocycles. The van der Waals surface area contributed by atoms with Gasteiger partial charge in [0, 0.05) is 0 Å². The summed E-state index contributed by atoms with van der Waals surface area (Å²) in [6.07, 6.45) is 14.8. The third-order valence-electron chi connectivity index (χ3n) is 3.97. The molecule has 0 radical (unpaired) electrons. The molecule has 124 valence electrons. The molecular formula is C23H32. The summed E-state index contributed by atoms with van der Waals surface area (Å²) in [4.78, 5) is 0. The molecule has 0 aliphatic heterocycles. The van der Waals surface area contributed by atoms with Gasteiger partial charge in [-0.05, 0) is 58.4 Å². The minimum atomic E-state index is 0.459. The van der Waals surface area contributed by atoms with Gasteiger partial charge in [0.05, 0.1) is 0 Å². The molecule has 0 saturated carbocycles. The van der Waals surface area contributed by atoms with E-state index in [2.05, 4.69) is 95.3 Å². The largest absolute Gasteiger partial charge is 0.0856 e. The van der Waals surface area contributed by atoms with Crippen molar-refractivity contribution in [3.63, 3.8) is 0 Å². The van der Waals surface area contributed by atoms with Gasteiger partial charge < -0.3 is 0 Å². The summed E-state index contributed by atoms with van der Waals surface area (Å²) >= 11 is 0. The average molecular weight is 309 g/mol. The van der Waals surface area contributed by atoms with Crippen LogP contribution in [-0.4, -0.2) is 0 Å². The monoisotopic (exact) mass is 308 g/mol. The molecule has 0 nitrogen and oxygen atoms in total. The summed E-state index contributed by atoms with van der Waals surface area (Å²) in [6, 6.07) is 10.6. The Balaban J connectivity index is 2.44. The van der Waals surface area contributed by atoms with Gasteiger partial charge in [-0.25, -0.2) is 0 Å². The van der Waals surface area contributed by atoms with Crippen LogP contribution >= 0.6 is 0 Å². The summed E-state index contributed by atoms with van der Waals surface area (Å²) in [5.74, 6) is 0.459. The van der Waals surface area contributed by atoms with Crippen LogP contribution in [0.5, 0.6) is 0 Å². The van der Waals surface area contributed by atoms with Crippen LogP contribution in [0.3, 0.4) is 0 Å². The van der Waals surface area contributed by atoms with Crippen molar-refractivity contribution in [3.05, 3.63) is 83.0 Å². The highest BCUT2D eigenvalue weighted by atomic mass is 14.0. The van der Waals surface area contributed by atoms with Crippen LogP contribution in [0.25, 0.3) is 0 Å². The molecule has 1 atom stereocenters. The van der Waals surface area contributed by atoms with Gasteiger partial charge in [-0.2, -0.15) is 0 Å². The van der Waals surface area contributed by atoms with Crippen molar-refractivity contribution in [2.45, 2.75) is 59.8 Å². The van der Waals surface area contributed by atoms with Crippen molar-refractivity contribution in [3.8, 4) is 0 Å². The molecule has 0 fully saturated rings. The van der Waals surface area contributed by atoms with Crippen molar-refractivity contribution in [1.29, 1.82) is 0 Å². The highest BCUT2D eigenvalue weighted by Crippen LogP contribution is 2.17. The topological polar surface area (TPSA) is 0 Å². The summed E-state index contributed by atoms with van der Waals surface area (Å²) in [6.45, 7) is 11.0. The lowest BCUT2D eigenvalue weighted by Gasteiger charge is -2.05. The first kappa shape index (κ1) is 19.2. The van der Waals surface area contributed by atoms with E-state index < -0.39 is 0 Å². The van der Waals surface area contributed by atoms with Crippen molar-refractivity contribution in [1.82, 2.24) is 0 Å². The van der Waals surface area contributed by atoms with E-state index in [0.717, 1.165) is 12.8 Å². The Bertz CT molecular complexity index is 563.